The standard InChI is InChI=1S/C33H31N3O3.C13H12O2/c1-2-10-29(11-3-1)39-30-12-6-7-24(18-30)23-38-33-35-19-28(20-36-33)31-15-16-34-21-32(31)37-22-25-13-14-26-8-4-5-9-27(26)17-25;14-10-11-5-4-8-13(9-11)15-12-6-2-1-3-7-12/h1-14,17-20,31-32,34H,15-16,21-23H2;1-9,14H,10H2. The number of ether oxygens (including phenoxy) is 4. The maximum atomic E-state index is 8.97. The number of aliphatic hydroxyl groups is 1. The lowest BCUT2D eigenvalue weighted by Crippen LogP contribution is -2.41. The van der Waals surface area contributed by atoms with Crippen molar-refractivity contribution in [3.63, 3.8) is 0 Å². The van der Waals surface area contributed by atoms with Gasteiger partial charge in [-0.3, -0.25) is 0 Å². The van der Waals surface area contributed by atoms with E-state index in [1.54, 1.807) is 0 Å². The Balaban J connectivity index is 0.000000251. The summed E-state index contributed by atoms with van der Waals surface area (Å²) >= 11 is 0. The molecule has 0 bridgehead atoms. The van der Waals surface area contributed by atoms with Gasteiger partial charge < -0.3 is 29.4 Å². The fourth-order valence-corrected chi connectivity index (χ4v) is 6.31. The summed E-state index contributed by atoms with van der Waals surface area (Å²) in [5.41, 5.74) is 4.09. The van der Waals surface area contributed by atoms with Crippen molar-refractivity contribution in [1.82, 2.24) is 15.3 Å². The van der Waals surface area contributed by atoms with Gasteiger partial charge in [-0.15, -0.1) is 0 Å². The third kappa shape index (κ3) is 10.3. The molecule has 0 spiro atoms. The van der Waals surface area contributed by atoms with Gasteiger partial charge in [-0.2, -0.15) is 0 Å². The van der Waals surface area contributed by atoms with Gasteiger partial charge in [0.15, 0.2) is 0 Å². The van der Waals surface area contributed by atoms with Gasteiger partial charge in [0.05, 0.1) is 19.3 Å². The molecule has 7 aromatic rings. The number of fused-ring (bicyclic) bond motifs is 1. The molecule has 54 heavy (non-hydrogen) atoms. The van der Waals surface area contributed by atoms with Crippen LogP contribution in [0.25, 0.3) is 10.8 Å². The molecule has 272 valence electrons. The third-order valence-corrected chi connectivity index (χ3v) is 9.09. The number of para-hydroxylation sites is 2. The van der Waals surface area contributed by atoms with Crippen LogP contribution in [0.3, 0.4) is 0 Å². The normalized spacial score (nSPS) is 15.1. The zero-order valence-electron chi connectivity index (χ0n) is 30.0. The minimum absolute atomic E-state index is 0.0337. The Labute approximate surface area is 316 Å². The minimum atomic E-state index is 0.0337. The highest BCUT2D eigenvalue weighted by molar-refractivity contribution is 5.82. The minimum Gasteiger partial charge on any atom is -0.459 e. The Morgan fingerprint density at radius 1 is 0.574 bits per heavy atom. The Bertz CT molecular complexity index is 2200. The van der Waals surface area contributed by atoms with E-state index in [0.29, 0.717) is 19.2 Å². The molecule has 1 aliphatic rings. The summed E-state index contributed by atoms with van der Waals surface area (Å²) in [7, 11) is 0. The van der Waals surface area contributed by atoms with Crippen LogP contribution in [-0.4, -0.2) is 34.3 Å². The van der Waals surface area contributed by atoms with Crippen molar-refractivity contribution in [2.24, 2.45) is 0 Å². The van der Waals surface area contributed by atoms with Crippen molar-refractivity contribution < 1.29 is 24.1 Å². The molecule has 2 N–H and O–H groups in total. The van der Waals surface area contributed by atoms with Gasteiger partial charge in [0.25, 0.3) is 0 Å². The van der Waals surface area contributed by atoms with Crippen LogP contribution < -0.4 is 19.5 Å². The monoisotopic (exact) mass is 717 g/mol. The number of rotatable bonds is 12. The number of hydrogen-bond donors (Lipinski definition) is 2. The van der Waals surface area contributed by atoms with E-state index in [-0.39, 0.29) is 18.6 Å². The number of nitrogens with zero attached hydrogens (tertiary/aromatic N) is 2. The molecule has 6 aromatic carbocycles. The van der Waals surface area contributed by atoms with Crippen molar-refractivity contribution in [2.75, 3.05) is 13.1 Å². The van der Waals surface area contributed by atoms with Crippen molar-refractivity contribution in [2.45, 2.75) is 38.3 Å². The maximum absolute atomic E-state index is 8.97. The topological polar surface area (TPSA) is 95.0 Å². The van der Waals surface area contributed by atoms with E-state index in [1.165, 1.54) is 16.3 Å². The molecule has 8 nitrogen and oxygen atoms in total. The zero-order valence-corrected chi connectivity index (χ0v) is 30.0. The maximum Gasteiger partial charge on any atom is 0.316 e. The number of aliphatic hydroxyl groups excluding tert-OH is 1. The first-order valence-corrected chi connectivity index (χ1v) is 18.2. The smallest absolute Gasteiger partial charge is 0.316 e. The second-order valence-electron chi connectivity index (χ2n) is 13.0. The highest BCUT2D eigenvalue weighted by Crippen LogP contribution is 2.29. The van der Waals surface area contributed by atoms with Crippen LogP contribution in [0.5, 0.6) is 29.0 Å². The van der Waals surface area contributed by atoms with Crippen molar-refractivity contribution >= 4 is 10.8 Å². The van der Waals surface area contributed by atoms with E-state index in [4.69, 9.17) is 24.1 Å². The van der Waals surface area contributed by atoms with E-state index >= 15 is 0 Å². The number of benzene rings is 6. The van der Waals surface area contributed by atoms with Crippen LogP contribution in [-0.2, 0) is 24.6 Å². The average Bonchev–Trinajstić information content (AvgIpc) is 3.23. The molecule has 1 fully saturated rings. The van der Waals surface area contributed by atoms with Crippen LogP contribution in [0.1, 0.15) is 34.6 Å². The van der Waals surface area contributed by atoms with E-state index in [9.17, 15) is 0 Å². The van der Waals surface area contributed by atoms with Crippen molar-refractivity contribution in [3.8, 4) is 29.0 Å². The molecular weight excluding hydrogens is 675 g/mol. The second-order valence-corrected chi connectivity index (χ2v) is 13.0. The Kier molecular flexibility index (Phi) is 12.5. The van der Waals surface area contributed by atoms with E-state index in [0.717, 1.165) is 59.2 Å². The van der Waals surface area contributed by atoms with Gasteiger partial charge in [-0.1, -0.05) is 97.1 Å². The zero-order chi connectivity index (χ0) is 36.8. The SMILES string of the molecule is OCc1cccc(Oc2ccccc2)c1.c1ccc(Oc2cccc(COc3ncc(C4CCNCC4OCc4ccc5ccccc5c4)cn3)c2)cc1. The molecule has 0 radical (unpaired) electrons. The Hall–Kier alpha value is -6.06. The van der Waals surface area contributed by atoms with Crippen LogP contribution in [0.4, 0.5) is 0 Å². The van der Waals surface area contributed by atoms with Crippen LogP contribution >= 0.6 is 0 Å². The van der Waals surface area contributed by atoms with E-state index < -0.39 is 0 Å². The number of piperidine rings is 1. The van der Waals surface area contributed by atoms with Gasteiger partial charge in [0.1, 0.15) is 29.6 Å². The van der Waals surface area contributed by atoms with Gasteiger partial charge in [0, 0.05) is 24.9 Å². The van der Waals surface area contributed by atoms with Gasteiger partial charge >= 0.3 is 6.01 Å². The summed E-state index contributed by atoms with van der Waals surface area (Å²) < 4.78 is 23.8. The highest BCUT2D eigenvalue weighted by atomic mass is 16.5. The summed E-state index contributed by atoms with van der Waals surface area (Å²) in [6.45, 7) is 2.71. The summed E-state index contributed by atoms with van der Waals surface area (Å²) in [6.07, 6.45) is 4.77. The molecule has 8 heteroatoms. The molecule has 1 aliphatic heterocycles. The lowest BCUT2D eigenvalue weighted by atomic mass is 9.89. The molecule has 1 aromatic heterocycles. The van der Waals surface area contributed by atoms with E-state index in [2.05, 4.69) is 57.7 Å². The molecule has 8 rings (SSSR count). The predicted molar refractivity (Wildman–Crippen MR) is 211 cm³/mol. The van der Waals surface area contributed by atoms with Gasteiger partial charge in [-0.05, 0) is 101 Å². The number of nitrogens with one attached hydrogen (secondary N) is 1. The largest absolute Gasteiger partial charge is 0.459 e. The molecule has 2 atom stereocenters. The number of aromatic nitrogens is 2. The molecular formula is C46H43N3O5. The van der Waals surface area contributed by atoms with Crippen molar-refractivity contribution in [1.29, 1.82) is 0 Å². The molecule has 1 saturated heterocycles. The number of hydrogen-bond acceptors (Lipinski definition) is 8. The summed E-state index contributed by atoms with van der Waals surface area (Å²) in [5, 5.41) is 14.9. The summed E-state index contributed by atoms with van der Waals surface area (Å²) in [6, 6.07) is 49.8. The lowest BCUT2D eigenvalue weighted by Gasteiger charge is -2.32. The van der Waals surface area contributed by atoms with E-state index in [1.807, 2.05) is 122 Å². The Morgan fingerprint density at radius 3 is 1.85 bits per heavy atom. The van der Waals surface area contributed by atoms with Gasteiger partial charge in [-0.25, -0.2) is 9.97 Å². The molecule has 0 aliphatic carbocycles. The first-order chi connectivity index (χ1) is 26.7. The lowest BCUT2D eigenvalue weighted by molar-refractivity contribution is 0.0105. The molecule has 2 heterocycles. The molecule has 0 amide bonds. The summed E-state index contributed by atoms with van der Waals surface area (Å²) in [4.78, 5) is 9.01. The molecule has 0 saturated carbocycles. The first-order valence-electron chi connectivity index (χ1n) is 18.2. The average molecular weight is 718 g/mol. The highest BCUT2D eigenvalue weighted by Gasteiger charge is 2.28. The third-order valence-electron chi connectivity index (χ3n) is 9.09. The quantitative estimate of drug-likeness (QED) is 0.129. The van der Waals surface area contributed by atoms with Gasteiger partial charge in [0.2, 0.25) is 0 Å². The molecule has 2 unspecified atom stereocenters. The second kappa shape index (κ2) is 18.6. The summed E-state index contributed by atoms with van der Waals surface area (Å²) in [5.74, 6) is 3.33. The fraction of sp³-hybridized carbons (Fsp3) is 0.174. The predicted octanol–water partition coefficient (Wildman–Crippen LogP) is 9.63. The fourth-order valence-electron chi connectivity index (χ4n) is 6.31. The van der Waals surface area contributed by atoms with Crippen LogP contribution in [0.15, 0.2) is 164 Å². The van der Waals surface area contributed by atoms with Crippen LogP contribution in [0, 0.1) is 0 Å². The first kappa shape index (κ1) is 36.3. The van der Waals surface area contributed by atoms with Crippen LogP contribution in [0.2, 0.25) is 0 Å². The van der Waals surface area contributed by atoms with Crippen molar-refractivity contribution in [3.05, 3.63) is 186 Å². The Morgan fingerprint density at radius 2 is 1.17 bits per heavy atom.